The van der Waals surface area contributed by atoms with Gasteiger partial charge in [0.15, 0.2) is 5.17 Å². The van der Waals surface area contributed by atoms with Gasteiger partial charge in [0, 0.05) is 12.2 Å². The zero-order chi connectivity index (χ0) is 26.9. The third-order valence-electron chi connectivity index (χ3n) is 5.06. The number of carbonyl (C=O) groups is 1. The van der Waals surface area contributed by atoms with Crippen molar-refractivity contribution in [2.24, 2.45) is 22.7 Å². The van der Waals surface area contributed by atoms with Crippen molar-refractivity contribution in [1.29, 1.82) is 0 Å². The van der Waals surface area contributed by atoms with Gasteiger partial charge in [-0.05, 0) is 48.8 Å². The average molecular weight is 521 g/mol. The first kappa shape index (κ1) is 35.7. The van der Waals surface area contributed by atoms with E-state index in [1.807, 2.05) is 48.5 Å². The van der Waals surface area contributed by atoms with Crippen molar-refractivity contribution in [1.82, 2.24) is 5.32 Å². The van der Waals surface area contributed by atoms with Crippen LogP contribution in [0.3, 0.4) is 0 Å². The maximum absolute atomic E-state index is 11.5. The second-order valence-electron chi connectivity index (χ2n) is 7.43. The van der Waals surface area contributed by atoms with E-state index in [0.717, 1.165) is 35.1 Å². The molecule has 3 unspecified atom stereocenters. The summed E-state index contributed by atoms with van der Waals surface area (Å²) < 4.78 is 0. The van der Waals surface area contributed by atoms with E-state index in [1.54, 1.807) is 22.7 Å². The number of thioether (sulfide) groups is 2. The summed E-state index contributed by atoms with van der Waals surface area (Å²) >= 11 is 3.17. The fourth-order valence-electron chi connectivity index (χ4n) is 3.19. The molecule has 0 aromatic rings. The Hall–Kier alpha value is -1.46. The Morgan fingerprint density at radius 3 is 2.51 bits per heavy atom. The summed E-state index contributed by atoms with van der Waals surface area (Å²) in [6.45, 7) is 19.8. The van der Waals surface area contributed by atoms with Crippen molar-refractivity contribution in [2.75, 3.05) is 11.6 Å². The molecule has 0 aromatic carbocycles. The number of hydrogen-bond acceptors (Lipinski definition) is 4. The zero-order valence-electron chi connectivity index (χ0n) is 23.7. The summed E-state index contributed by atoms with van der Waals surface area (Å²) in [5.41, 5.74) is 1.55. The molecule has 3 aliphatic carbocycles. The van der Waals surface area contributed by atoms with Crippen LogP contribution in [0.2, 0.25) is 0 Å². The van der Waals surface area contributed by atoms with Gasteiger partial charge in [-0.3, -0.25) is 9.79 Å². The minimum absolute atomic E-state index is 0.0203. The first-order valence-corrected chi connectivity index (χ1v) is 15.6. The molecule has 0 bridgehead atoms. The summed E-state index contributed by atoms with van der Waals surface area (Å²) in [5, 5.41) is 5.37. The molecule has 0 saturated heterocycles. The smallest absolute Gasteiger partial charge is 0.225 e. The lowest BCUT2D eigenvalue weighted by atomic mass is 10.0. The molecule has 3 aliphatic rings. The number of amides is 1. The number of amidine groups is 1. The molecule has 200 valence electrons. The van der Waals surface area contributed by atoms with Gasteiger partial charge in [0.2, 0.25) is 5.91 Å². The number of aliphatic imine (C=N–C) groups is 1. The highest BCUT2D eigenvalue weighted by Gasteiger charge is 2.38. The van der Waals surface area contributed by atoms with Crippen LogP contribution in [0.1, 0.15) is 87.5 Å². The molecular formula is C30H52N2OS2. The highest BCUT2D eigenvalue weighted by molar-refractivity contribution is 8.13. The maximum atomic E-state index is 11.5. The molecule has 35 heavy (non-hydrogen) atoms. The van der Waals surface area contributed by atoms with Gasteiger partial charge in [0.1, 0.15) is 0 Å². The SMILES string of the molecule is C=CSC/N=C(\NC(=O)CC)SCCC1=CC=CC2CC12.CC.CC.CC.CC1C=CC=CCC1. The zero-order valence-corrected chi connectivity index (χ0v) is 25.3. The first-order valence-electron chi connectivity index (χ1n) is 13.5. The molecule has 1 fully saturated rings. The summed E-state index contributed by atoms with van der Waals surface area (Å²) in [5.74, 6) is 3.96. The molecule has 0 aromatic heterocycles. The van der Waals surface area contributed by atoms with Gasteiger partial charge in [0.05, 0.1) is 5.88 Å². The minimum Gasteiger partial charge on any atom is -0.305 e. The predicted octanol–water partition coefficient (Wildman–Crippen LogP) is 9.57. The van der Waals surface area contributed by atoms with Crippen LogP contribution in [0.4, 0.5) is 0 Å². The number of rotatable bonds is 7. The fraction of sp³-hybridized carbons (Fsp3) is 0.600. The highest BCUT2D eigenvalue weighted by Crippen LogP contribution is 2.48. The van der Waals surface area contributed by atoms with E-state index in [1.165, 1.54) is 31.0 Å². The lowest BCUT2D eigenvalue weighted by Crippen LogP contribution is -2.28. The van der Waals surface area contributed by atoms with Crippen LogP contribution in [0, 0.1) is 17.8 Å². The van der Waals surface area contributed by atoms with Gasteiger partial charge in [-0.2, -0.15) is 0 Å². The van der Waals surface area contributed by atoms with Crippen molar-refractivity contribution in [3.63, 3.8) is 0 Å². The molecule has 3 nitrogen and oxygen atoms in total. The summed E-state index contributed by atoms with van der Waals surface area (Å²) in [6, 6.07) is 0. The number of allylic oxidation sites excluding steroid dienone is 8. The van der Waals surface area contributed by atoms with Crippen LogP contribution in [0.25, 0.3) is 0 Å². The minimum atomic E-state index is 0.0203. The average Bonchev–Trinajstić information content (AvgIpc) is 3.73. The van der Waals surface area contributed by atoms with E-state index in [2.05, 4.69) is 66.3 Å². The van der Waals surface area contributed by atoms with Crippen LogP contribution in [-0.4, -0.2) is 22.7 Å². The van der Waals surface area contributed by atoms with Gasteiger partial charge in [-0.15, -0.1) is 11.8 Å². The Bertz CT molecular complexity index is 692. The highest BCUT2D eigenvalue weighted by atomic mass is 32.2. The Labute approximate surface area is 226 Å². The number of nitrogens with zero attached hydrogens (tertiary/aromatic N) is 1. The summed E-state index contributed by atoms with van der Waals surface area (Å²) in [7, 11) is 0. The Kier molecular flexibility index (Phi) is 26.1. The third-order valence-corrected chi connectivity index (χ3v) is 6.48. The Morgan fingerprint density at radius 2 is 1.86 bits per heavy atom. The van der Waals surface area contributed by atoms with Crippen molar-refractivity contribution in [2.45, 2.75) is 87.5 Å². The van der Waals surface area contributed by atoms with Crippen LogP contribution in [-0.2, 0) is 4.79 Å². The van der Waals surface area contributed by atoms with Crippen molar-refractivity contribution < 1.29 is 4.79 Å². The fourth-order valence-corrected chi connectivity index (χ4v) is 4.46. The standard InChI is InChI=1S/C16H22N2OS2.C8H12.3C2H6/c1-3-15(19)18-16(17-11-20-4-2)21-9-8-12-6-5-7-13-10-14(12)13;1-8-6-4-2-3-5-7-8;3*1-2/h4-7,13-14H,2-3,8-11H2,1H3,(H,17,18,19);2-4,6,8H,5,7H2,1H3;3*1-2H3. The molecule has 1 N–H and O–H groups in total. The van der Waals surface area contributed by atoms with E-state index < -0.39 is 0 Å². The second-order valence-corrected chi connectivity index (χ2v) is 9.43. The van der Waals surface area contributed by atoms with Crippen LogP contribution < -0.4 is 5.32 Å². The first-order chi connectivity index (χ1) is 17.1. The molecule has 5 heteroatoms. The molecule has 3 rings (SSSR count). The molecule has 3 atom stereocenters. The molecule has 0 radical (unpaired) electrons. The van der Waals surface area contributed by atoms with E-state index in [0.29, 0.717) is 12.3 Å². The largest absolute Gasteiger partial charge is 0.305 e. The normalized spacial score (nSPS) is 20.9. The van der Waals surface area contributed by atoms with Gasteiger partial charge in [0.25, 0.3) is 0 Å². The van der Waals surface area contributed by atoms with Gasteiger partial charge >= 0.3 is 0 Å². The second kappa shape index (κ2) is 25.6. The number of hydrogen-bond donors (Lipinski definition) is 1. The van der Waals surface area contributed by atoms with Crippen LogP contribution in [0.5, 0.6) is 0 Å². The third kappa shape index (κ3) is 18.5. The van der Waals surface area contributed by atoms with E-state index in [-0.39, 0.29) is 5.91 Å². The van der Waals surface area contributed by atoms with E-state index in [9.17, 15) is 4.79 Å². The summed E-state index contributed by atoms with van der Waals surface area (Å²) in [6.07, 6.45) is 20.9. The molecule has 1 saturated carbocycles. The Morgan fingerprint density at radius 1 is 1.14 bits per heavy atom. The lowest BCUT2D eigenvalue weighted by molar-refractivity contribution is -0.119. The van der Waals surface area contributed by atoms with Crippen molar-refractivity contribution in [3.05, 3.63) is 60.1 Å². The predicted molar refractivity (Wildman–Crippen MR) is 165 cm³/mol. The van der Waals surface area contributed by atoms with Crippen molar-refractivity contribution >= 4 is 34.6 Å². The van der Waals surface area contributed by atoms with E-state index in [4.69, 9.17) is 0 Å². The van der Waals surface area contributed by atoms with Gasteiger partial charge < -0.3 is 5.32 Å². The Balaban J connectivity index is 0. The van der Waals surface area contributed by atoms with E-state index >= 15 is 0 Å². The molecule has 1 amide bonds. The monoisotopic (exact) mass is 520 g/mol. The van der Waals surface area contributed by atoms with Gasteiger partial charge in [-0.25, -0.2) is 0 Å². The molecule has 0 heterocycles. The lowest BCUT2D eigenvalue weighted by Gasteiger charge is -2.10. The maximum Gasteiger partial charge on any atom is 0.225 e. The number of carbonyl (C=O) groups excluding carboxylic acids is 1. The topological polar surface area (TPSA) is 41.5 Å². The van der Waals surface area contributed by atoms with Crippen molar-refractivity contribution in [3.8, 4) is 0 Å². The molecule has 0 spiro atoms. The summed E-state index contributed by atoms with van der Waals surface area (Å²) in [4.78, 5) is 15.9. The van der Waals surface area contributed by atoms with Crippen LogP contribution >= 0.6 is 23.5 Å². The number of fused-ring (bicyclic) bond motifs is 1. The van der Waals surface area contributed by atoms with Gasteiger partial charge in [-0.1, -0.05) is 122 Å². The molecule has 0 aliphatic heterocycles. The molecular weight excluding hydrogens is 468 g/mol. The van der Waals surface area contributed by atoms with Crippen LogP contribution in [0.15, 0.2) is 65.1 Å². The quantitative estimate of drug-likeness (QED) is 0.206. The number of nitrogens with one attached hydrogen (secondary N) is 1.